The largest absolute Gasteiger partial charge is 0.262 e. The van der Waals surface area contributed by atoms with Crippen LogP contribution in [0.25, 0.3) is 0 Å². The monoisotopic (exact) mass is 199 g/mol. The molecule has 1 heterocycles. The standard InChI is InChI=1S/C14H17N/c1-5-6-9(2)12-8-14-13(11(12)4)7-10(3)15-14/h5-6H,1,7-8H2,2-4H3/b9-6-. The number of aliphatic imine (C=N–C) groups is 1. The van der Waals surface area contributed by atoms with Crippen molar-refractivity contribution in [3.8, 4) is 0 Å². The second-order valence-corrected chi connectivity index (χ2v) is 4.31. The fourth-order valence-corrected chi connectivity index (χ4v) is 2.39. The average molecular weight is 199 g/mol. The van der Waals surface area contributed by atoms with Crippen molar-refractivity contribution in [2.24, 2.45) is 4.99 Å². The van der Waals surface area contributed by atoms with Gasteiger partial charge in [0.05, 0.1) is 0 Å². The van der Waals surface area contributed by atoms with Crippen LogP contribution in [0.1, 0.15) is 33.6 Å². The van der Waals surface area contributed by atoms with Crippen molar-refractivity contribution in [2.75, 3.05) is 0 Å². The average Bonchev–Trinajstić information content (AvgIpc) is 2.66. The van der Waals surface area contributed by atoms with Gasteiger partial charge in [0.25, 0.3) is 0 Å². The summed E-state index contributed by atoms with van der Waals surface area (Å²) in [6.07, 6.45) is 5.99. The smallest absolute Gasteiger partial charge is 0.0485 e. The number of nitrogens with zero attached hydrogens (tertiary/aromatic N) is 1. The molecular weight excluding hydrogens is 182 g/mol. The third kappa shape index (κ3) is 1.63. The van der Waals surface area contributed by atoms with E-state index >= 15 is 0 Å². The van der Waals surface area contributed by atoms with E-state index in [-0.39, 0.29) is 0 Å². The summed E-state index contributed by atoms with van der Waals surface area (Å²) in [6.45, 7) is 10.2. The lowest BCUT2D eigenvalue weighted by Crippen LogP contribution is -1.92. The molecule has 78 valence electrons. The molecule has 0 amide bonds. The van der Waals surface area contributed by atoms with E-state index in [0.29, 0.717) is 0 Å². The molecule has 0 saturated heterocycles. The van der Waals surface area contributed by atoms with Gasteiger partial charge >= 0.3 is 0 Å². The van der Waals surface area contributed by atoms with E-state index in [1.807, 2.05) is 6.08 Å². The molecule has 0 unspecified atom stereocenters. The van der Waals surface area contributed by atoms with Gasteiger partial charge in [0, 0.05) is 24.3 Å². The molecule has 1 aliphatic carbocycles. The maximum Gasteiger partial charge on any atom is 0.0485 e. The Morgan fingerprint density at radius 3 is 2.67 bits per heavy atom. The van der Waals surface area contributed by atoms with Crippen LogP contribution in [0.3, 0.4) is 0 Å². The van der Waals surface area contributed by atoms with Gasteiger partial charge in [-0.3, -0.25) is 4.99 Å². The highest BCUT2D eigenvalue weighted by molar-refractivity contribution is 5.90. The highest BCUT2D eigenvalue weighted by Gasteiger charge is 2.25. The van der Waals surface area contributed by atoms with Gasteiger partial charge in [0.15, 0.2) is 0 Å². The minimum Gasteiger partial charge on any atom is -0.262 e. The van der Waals surface area contributed by atoms with Gasteiger partial charge < -0.3 is 0 Å². The maximum absolute atomic E-state index is 4.60. The van der Waals surface area contributed by atoms with E-state index in [4.69, 9.17) is 0 Å². The predicted molar refractivity (Wildman–Crippen MR) is 66.0 cm³/mol. The van der Waals surface area contributed by atoms with Crippen LogP contribution in [0, 0.1) is 0 Å². The van der Waals surface area contributed by atoms with Gasteiger partial charge in [-0.25, -0.2) is 0 Å². The number of hydrogen-bond acceptors (Lipinski definition) is 1. The van der Waals surface area contributed by atoms with Crippen molar-refractivity contribution < 1.29 is 0 Å². The molecule has 1 heteroatoms. The molecule has 2 rings (SSSR count). The molecule has 1 aliphatic heterocycles. The summed E-state index contributed by atoms with van der Waals surface area (Å²) >= 11 is 0. The topological polar surface area (TPSA) is 12.4 Å². The van der Waals surface area contributed by atoms with Crippen molar-refractivity contribution in [3.63, 3.8) is 0 Å². The molecule has 0 aromatic rings. The fraction of sp³-hybridized carbons (Fsp3) is 0.357. The van der Waals surface area contributed by atoms with Crippen LogP contribution in [0.5, 0.6) is 0 Å². The molecular formula is C14H17N. The molecule has 0 aromatic heterocycles. The highest BCUT2D eigenvalue weighted by Crippen LogP contribution is 2.41. The van der Waals surface area contributed by atoms with Crippen LogP contribution < -0.4 is 0 Å². The Labute approximate surface area is 91.6 Å². The third-order valence-corrected chi connectivity index (χ3v) is 3.20. The first-order chi connectivity index (χ1) is 7.13. The normalized spacial score (nSPS) is 21.0. The molecule has 0 saturated carbocycles. The van der Waals surface area contributed by atoms with Crippen LogP contribution in [0.4, 0.5) is 0 Å². The van der Waals surface area contributed by atoms with Crippen molar-refractivity contribution in [3.05, 3.63) is 46.7 Å². The van der Waals surface area contributed by atoms with Crippen LogP contribution in [0.15, 0.2) is 51.7 Å². The molecule has 0 N–H and O–H groups in total. The Hall–Kier alpha value is -1.37. The molecule has 0 radical (unpaired) electrons. The Morgan fingerprint density at radius 1 is 1.33 bits per heavy atom. The minimum absolute atomic E-state index is 1.01. The third-order valence-electron chi connectivity index (χ3n) is 3.20. The second kappa shape index (κ2) is 3.65. The van der Waals surface area contributed by atoms with Crippen molar-refractivity contribution in [2.45, 2.75) is 33.6 Å². The lowest BCUT2D eigenvalue weighted by molar-refractivity contribution is 1.12. The number of rotatable bonds is 2. The zero-order chi connectivity index (χ0) is 11.0. The molecule has 0 aromatic carbocycles. The van der Waals surface area contributed by atoms with Gasteiger partial charge in [-0.2, -0.15) is 0 Å². The van der Waals surface area contributed by atoms with Crippen molar-refractivity contribution in [1.29, 1.82) is 0 Å². The molecule has 0 fully saturated rings. The molecule has 0 atom stereocenters. The van der Waals surface area contributed by atoms with Crippen molar-refractivity contribution in [1.82, 2.24) is 0 Å². The first-order valence-electron chi connectivity index (χ1n) is 5.39. The number of hydrogen-bond donors (Lipinski definition) is 0. The van der Waals surface area contributed by atoms with E-state index in [1.165, 1.54) is 33.7 Å². The summed E-state index contributed by atoms with van der Waals surface area (Å²) in [5, 5.41) is 0. The molecule has 2 aliphatic rings. The summed E-state index contributed by atoms with van der Waals surface area (Å²) < 4.78 is 0. The van der Waals surface area contributed by atoms with Gasteiger partial charge in [-0.05, 0) is 43.1 Å². The van der Waals surface area contributed by atoms with Gasteiger partial charge in [0.2, 0.25) is 0 Å². The SMILES string of the molecule is C=C/C=C(/C)C1=C(C)C2=C(C1)N=C(C)C2. The van der Waals surface area contributed by atoms with E-state index in [0.717, 1.165) is 12.8 Å². The summed E-state index contributed by atoms with van der Waals surface area (Å²) in [4.78, 5) is 4.60. The lowest BCUT2D eigenvalue weighted by atomic mass is 9.99. The summed E-state index contributed by atoms with van der Waals surface area (Å²) in [5.74, 6) is 0. The van der Waals surface area contributed by atoms with E-state index < -0.39 is 0 Å². The molecule has 15 heavy (non-hydrogen) atoms. The summed E-state index contributed by atoms with van der Waals surface area (Å²) in [6, 6.07) is 0. The lowest BCUT2D eigenvalue weighted by Gasteiger charge is -2.06. The van der Waals surface area contributed by atoms with Crippen molar-refractivity contribution >= 4 is 5.71 Å². The maximum atomic E-state index is 4.60. The number of allylic oxidation sites excluding steroid dienone is 6. The van der Waals surface area contributed by atoms with Crippen LogP contribution in [-0.2, 0) is 0 Å². The van der Waals surface area contributed by atoms with Gasteiger partial charge in [-0.15, -0.1) is 0 Å². The highest BCUT2D eigenvalue weighted by atomic mass is 14.8. The Bertz CT molecular complexity index is 442. The molecule has 0 bridgehead atoms. The van der Waals surface area contributed by atoms with Crippen LogP contribution >= 0.6 is 0 Å². The van der Waals surface area contributed by atoms with Crippen LogP contribution in [0.2, 0.25) is 0 Å². The molecule has 0 spiro atoms. The first-order valence-corrected chi connectivity index (χ1v) is 5.39. The Balaban J connectivity index is 2.29. The fourth-order valence-electron chi connectivity index (χ4n) is 2.39. The Morgan fingerprint density at radius 2 is 2.07 bits per heavy atom. The predicted octanol–water partition coefficient (Wildman–Crippen LogP) is 3.96. The Kier molecular flexibility index (Phi) is 2.47. The molecule has 1 nitrogen and oxygen atoms in total. The minimum atomic E-state index is 1.01. The quantitative estimate of drug-likeness (QED) is 0.597. The van der Waals surface area contributed by atoms with E-state index in [9.17, 15) is 0 Å². The van der Waals surface area contributed by atoms with Gasteiger partial charge in [0.1, 0.15) is 0 Å². The van der Waals surface area contributed by atoms with Gasteiger partial charge in [-0.1, -0.05) is 18.7 Å². The van der Waals surface area contributed by atoms with E-state index in [2.05, 4.69) is 38.4 Å². The van der Waals surface area contributed by atoms with Crippen LogP contribution in [-0.4, -0.2) is 5.71 Å². The van der Waals surface area contributed by atoms with E-state index in [1.54, 1.807) is 0 Å². The summed E-state index contributed by atoms with van der Waals surface area (Å²) in [5.41, 5.74) is 8.20. The zero-order valence-electron chi connectivity index (χ0n) is 9.72. The second-order valence-electron chi connectivity index (χ2n) is 4.31. The summed E-state index contributed by atoms with van der Waals surface area (Å²) in [7, 11) is 0. The first kappa shape index (κ1) is 10.2. The zero-order valence-corrected chi connectivity index (χ0v) is 9.72.